The van der Waals surface area contributed by atoms with Crippen molar-refractivity contribution in [1.82, 2.24) is 35.3 Å². The second-order valence-electron chi connectivity index (χ2n) is 23.9. The highest BCUT2D eigenvalue weighted by atomic mass is 16.7. The van der Waals surface area contributed by atoms with Gasteiger partial charge in [0.15, 0.2) is 5.78 Å². The van der Waals surface area contributed by atoms with E-state index in [-0.39, 0.29) is 93.4 Å². The fraction of sp³-hybridized carbons (Fsp3) is 0.625. The highest BCUT2D eigenvalue weighted by molar-refractivity contribution is 6.02. The maximum absolute atomic E-state index is 14.8. The number of amides is 8. The number of imide groups is 1. The van der Waals surface area contributed by atoms with Crippen molar-refractivity contribution in [1.29, 1.82) is 0 Å². The second-order valence-corrected chi connectivity index (χ2v) is 23.9. The average molecular weight is 1260 g/mol. The molecule has 26 nitrogen and oxygen atoms in total. The number of Topliss-reactive ketones (excluding diaryl/α,β-unsaturated/α-hetero) is 1. The van der Waals surface area contributed by atoms with Crippen LogP contribution in [0.4, 0.5) is 14.4 Å². The first-order valence-corrected chi connectivity index (χ1v) is 30.7. The van der Waals surface area contributed by atoms with Crippen molar-refractivity contribution in [2.45, 2.75) is 162 Å². The molecular formula is C64H93N7O19. The molecule has 0 radical (unpaired) electrons. The number of nitrogens with one attached hydrogen (secondary N) is 2. The minimum Gasteiger partial charge on any atom is -0.445 e. The van der Waals surface area contributed by atoms with Crippen LogP contribution in [0.25, 0.3) is 0 Å². The molecule has 12 atom stereocenters. The molecule has 2 fully saturated rings. The number of carbonyl (C=O) groups is 10. The Labute approximate surface area is 527 Å². The maximum Gasteiger partial charge on any atom is 0.413 e. The predicted molar refractivity (Wildman–Crippen MR) is 325 cm³/mol. The van der Waals surface area contributed by atoms with Crippen LogP contribution in [-0.2, 0) is 73.4 Å². The van der Waals surface area contributed by atoms with Crippen molar-refractivity contribution in [2.24, 2.45) is 29.6 Å². The largest absolute Gasteiger partial charge is 0.445 e. The van der Waals surface area contributed by atoms with Gasteiger partial charge in [-0.3, -0.25) is 28.8 Å². The van der Waals surface area contributed by atoms with Crippen LogP contribution in [0.1, 0.15) is 118 Å². The van der Waals surface area contributed by atoms with E-state index in [4.69, 9.17) is 38.0 Å². The SMILES string of the molecule is CC[C@H](C)[C@@H]([C@@H](CC(=O)N1CCC[C@H]1[C@H](OC)[C@@H](C)C(=O)N[C@H](C)[C@@H](O)c1ccccc1)OC)N(C)C(=O)[C@@H](CC(=O)[C@H](C(C)C)N(C)C(=O)OCc1ccc(OC(=O)NC(CN(C)C(=O)OC2/C=C/COCOC2)C(=O)ON2C(=O)CCC2=O)cc1)C(C)C. The molecule has 0 saturated carbocycles. The molecule has 0 aromatic heterocycles. The summed E-state index contributed by atoms with van der Waals surface area (Å²) in [6, 6.07) is 10.5. The summed E-state index contributed by atoms with van der Waals surface area (Å²) in [5.74, 6) is -6.46. The van der Waals surface area contributed by atoms with Gasteiger partial charge in [0.25, 0.3) is 11.8 Å². The standard InChI is InChI=1S/C64H93N7O19/c1-14-40(6)56(51(83-12)33-54(75)70-30-18-23-49(70)58(84-13)41(7)59(77)65-42(8)57(76)44-20-16-15-17-21-44)68(10)60(78)47(38(2)3)32-50(72)55(39(4)5)69(11)64(82)87-35-43-24-26-45(27-25-43)88-62(80)66-48(61(79)90-71-52(73)28-29-53(71)74)34-67(9)63(81)89-46-22-19-31-85-37-86-36-46/h15-17,19-22,24-27,38-42,46-49,51,55-58,76H,14,18,23,28-37H2,1-13H3,(H,65,77)(H,66,80)/b22-19+/t40-,41+,42+,46?,47-,48?,49-,51+,55-,56-,57+,58+/m0/s1. The van der Waals surface area contributed by atoms with E-state index in [0.29, 0.717) is 42.0 Å². The molecule has 2 saturated heterocycles. The van der Waals surface area contributed by atoms with Crippen LogP contribution >= 0.6 is 0 Å². The Hall–Kier alpha value is -7.52. The normalized spacial score (nSPS) is 19.7. The molecule has 90 heavy (non-hydrogen) atoms. The Balaban J connectivity index is 1.19. The van der Waals surface area contributed by atoms with Crippen LogP contribution in [0, 0.1) is 29.6 Å². The monoisotopic (exact) mass is 1260 g/mol. The van der Waals surface area contributed by atoms with E-state index in [1.54, 1.807) is 68.8 Å². The smallest absolute Gasteiger partial charge is 0.413 e. The molecule has 2 aromatic carbocycles. The third-order valence-electron chi connectivity index (χ3n) is 16.7. The average Bonchev–Trinajstić information content (AvgIpc) is 1.50. The molecule has 8 amide bonds. The van der Waals surface area contributed by atoms with Gasteiger partial charge in [-0.15, -0.1) is 5.06 Å². The van der Waals surface area contributed by atoms with Crippen molar-refractivity contribution < 1.29 is 91.0 Å². The lowest BCUT2D eigenvalue weighted by molar-refractivity contribution is -0.199. The third-order valence-corrected chi connectivity index (χ3v) is 16.7. The zero-order valence-electron chi connectivity index (χ0n) is 54.2. The summed E-state index contributed by atoms with van der Waals surface area (Å²) >= 11 is 0. The van der Waals surface area contributed by atoms with Gasteiger partial charge in [-0.25, -0.2) is 19.2 Å². The molecule has 0 aliphatic carbocycles. The van der Waals surface area contributed by atoms with E-state index < -0.39 is 115 Å². The Bertz CT molecular complexity index is 2770. The van der Waals surface area contributed by atoms with Gasteiger partial charge in [-0.2, -0.15) is 0 Å². The number of rotatable bonds is 30. The summed E-state index contributed by atoms with van der Waals surface area (Å²) in [7, 11) is 7.41. The summed E-state index contributed by atoms with van der Waals surface area (Å²) in [6.07, 6.45) is -1.64. The van der Waals surface area contributed by atoms with Crippen molar-refractivity contribution in [2.75, 3.05) is 68.5 Å². The number of ketones is 1. The van der Waals surface area contributed by atoms with E-state index in [1.807, 2.05) is 45.9 Å². The van der Waals surface area contributed by atoms with Gasteiger partial charge >= 0.3 is 24.2 Å². The van der Waals surface area contributed by atoms with Gasteiger partial charge < -0.3 is 73.3 Å². The third kappa shape index (κ3) is 20.2. The molecule has 26 heteroatoms. The molecule has 498 valence electrons. The maximum atomic E-state index is 14.8. The number of carbonyl (C=O) groups excluding carboxylic acids is 10. The molecule has 3 aliphatic heterocycles. The zero-order valence-corrected chi connectivity index (χ0v) is 54.2. The van der Waals surface area contributed by atoms with Crippen LogP contribution in [0.3, 0.4) is 0 Å². The van der Waals surface area contributed by atoms with Crippen LogP contribution in [0.5, 0.6) is 5.75 Å². The number of nitrogens with zero attached hydrogens (tertiary/aromatic N) is 5. The number of hydrogen-bond acceptors (Lipinski definition) is 19. The lowest BCUT2D eigenvalue weighted by Gasteiger charge is -2.41. The summed E-state index contributed by atoms with van der Waals surface area (Å²) in [6.45, 7) is 14.5. The fourth-order valence-corrected chi connectivity index (χ4v) is 11.4. The number of aliphatic hydroxyl groups is 1. The van der Waals surface area contributed by atoms with E-state index >= 15 is 0 Å². The van der Waals surface area contributed by atoms with Crippen LogP contribution in [-0.4, -0.2) is 206 Å². The molecule has 2 aromatic rings. The van der Waals surface area contributed by atoms with Crippen LogP contribution in [0.2, 0.25) is 0 Å². The first-order chi connectivity index (χ1) is 42.7. The Morgan fingerprint density at radius 2 is 1.47 bits per heavy atom. The number of benzene rings is 2. The Morgan fingerprint density at radius 3 is 2.08 bits per heavy atom. The van der Waals surface area contributed by atoms with Gasteiger partial charge in [0.1, 0.15) is 31.3 Å². The number of likely N-dealkylation sites (N-methyl/N-ethyl adjacent to an activating group) is 3. The highest BCUT2D eigenvalue weighted by Gasteiger charge is 2.44. The van der Waals surface area contributed by atoms with E-state index in [9.17, 15) is 53.1 Å². The predicted octanol–water partition coefficient (Wildman–Crippen LogP) is 5.73. The van der Waals surface area contributed by atoms with E-state index in [1.165, 1.54) is 57.5 Å². The quantitative estimate of drug-likeness (QED) is 0.0621. The van der Waals surface area contributed by atoms with Crippen molar-refractivity contribution in [3.05, 3.63) is 77.9 Å². The minimum absolute atomic E-state index is 0.0202. The van der Waals surface area contributed by atoms with E-state index in [2.05, 4.69) is 10.6 Å². The summed E-state index contributed by atoms with van der Waals surface area (Å²) in [5, 5.41) is 16.5. The van der Waals surface area contributed by atoms with Gasteiger partial charge in [-0.1, -0.05) is 103 Å². The minimum atomic E-state index is -1.67. The van der Waals surface area contributed by atoms with Gasteiger partial charge in [0, 0.05) is 67.1 Å². The van der Waals surface area contributed by atoms with E-state index in [0.717, 1.165) is 4.90 Å². The van der Waals surface area contributed by atoms with Crippen LogP contribution < -0.4 is 15.4 Å². The molecule has 3 N–H and O–H groups in total. The van der Waals surface area contributed by atoms with Crippen LogP contribution in [0.15, 0.2) is 66.7 Å². The van der Waals surface area contributed by atoms with Gasteiger partial charge in [0.05, 0.1) is 74.6 Å². The number of aliphatic hydroxyl groups excluding tert-OH is 1. The number of hydrogen-bond donors (Lipinski definition) is 3. The molecule has 5 rings (SSSR count). The zero-order chi connectivity index (χ0) is 66.5. The highest BCUT2D eigenvalue weighted by Crippen LogP contribution is 2.32. The van der Waals surface area contributed by atoms with Crippen molar-refractivity contribution in [3.63, 3.8) is 0 Å². The summed E-state index contributed by atoms with van der Waals surface area (Å²) in [5.41, 5.74) is 1.12. The number of ether oxygens (including phenoxy) is 7. The number of hydroxylamine groups is 2. The summed E-state index contributed by atoms with van der Waals surface area (Å²) < 4.78 is 39.0. The summed E-state index contributed by atoms with van der Waals surface area (Å²) in [4.78, 5) is 146. The van der Waals surface area contributed by atoms with Gasteiger partial charge in [0.2, 0.25) is 17.7 Å². The molecule has 0 spiro atoms. The molecule has 3 heterocycles. The van der Waals surface area contributed by atoms with Crippen molar-refractivity contribution >= 4 is 59.6 Å². The molecule has 0 bridgehead atoms. The second kappa shape index (κ2) is 35.2. The Kier molecular flexibility index (Phi) is 28.6. The molecular weight excluding hydrogens is 1170 g/mol. The first kappa shape index (κ1) is 73.2. The lowest BCUT2D eigenvalue weighted by Crippen LogP contribution is -2.55. The van der Waals surface area contributed by atoms with Crippen molar-refractivity contribution in [3.8, 4) is 5.75 Å². The Morgan fingerprint density at radius 1 is 0.800 bits per heavy atom. The fourth-order valence-electron chi connectivity index (χ4n) is 11.4. The number of likely N-dealkylation sites (tertiary alicyclic amines) is 1. The molecule has 3 aliphatic rings. The van der Waals surface area contributed by atoms with Gasteiger partial charge in [-0.05, 0) is 66.9 Å². The molecule has 2 unspecified atom stereocenters. The topological polar surface area (TPSA) is 305 Å². The first-order valence-electron chi connectivity index (χ1n) is 30.7. The lowest BCUT2D eigenvalue weighted by atomic mass is 9.83. The number of methoxy groups -OCH3 is 2.